The Balaban J connectivity index is 0.000000271. The van der Waals surface area contributed by atoms with Crippen LogP contribution in [0.25, 0.3) is 0 Å². The molecule has 0 aromatic heterocycles. The molecule has 138 heavy (non-hydrogen) atoms. The smallest absolute Gasteiger partial charge is 0.554 e. The van der Waals surface area contributed by atoms with E-state index in [1.165, 1.54) is 18.1 Å². The van der Waals surface area contributed by atoms with Crippen LogP contribution in [0, 0.1) is 107 Å². The number of amides is 3. The monoisotopic (exact) mass is 2260 g/mol. The number of allylic oxidation sites excluding steroid dienone is 2. The van der Waals surface area contributed by atoms with Gasteiger partial charge in [0.25, 0.3) is 0 Å². The minimum atomic E-state index is -0.766. The van der Waals surface area contributed by atoms with Gasteiger partial charge in [-0.2, -0.15) is 15.8 Å². The summed E-state index contributed by atoms with van der Waals surface area (Å²) >= 11 is 0. The third kappa shape index (κ3) is 21.5. The van der Waals surface area contributed by atoms with Gasteiger partial charge in [-0.05, 0) is 172 Å². The number of piperazine rings is 3. The zero-order chi connectivity index (χ0) is 94.8. The van der Waals surface area contributed by atoms with E-state index >= 15 is 0 Å². The second kappa shape index (κ2) is 50.3. The molecule has 11 aliphatic heterocycles. The number of ether oxygens (including phenoxy) is 11. The summed E-state index contributed by atoms with van der Waals surface area (Å²) in [5.74, 6) is 3.17. The average molecular weight is 2260 g/mol. The van der Waals surface area contributed by atoms with E-state index in [0.717, 1.165) is 106 Å². The number of likely N-dealkylation sites (N-methyl/N-ethyl adjacent to an activating group) is 3. The van der Waals surface area contributed by atoms with Crippen LogP contribution >= 0.6 is 0 Å². The minimum Gasteiger partial charge on any atom is -0.554 e. The molecule has 3 fully saturated rings. The Bertz CT molecular complexity index is 5630. The zero-order valence-corrected chi connectivity index (χ0v) is 101. The number of aryl methyl sites for hydroxylation is 3. The molecule has 15 atom stereocenters. The third-order valence-electron chi connectivity index (χ3n) is 29.2. The van der Waals surface area contributed by atoms with E-state index < -0.39 is 48.2 Å². The first kappa shape index (κ1) is 120. The molecule has 0 spiro atoms. The van der Waals surface area contributed by atoms with Crippen LogP contribution in [0.15, 0.2) is 53.3 Å². The number of phenolic OH excluding ortho intramolecular Hbond substituents is 1. The van der Waals surface area contributed by atoms with Gasteiger partial charge in [-0.15, -0.1) is 0 Å². The zero-order valence-electron chi connectivity index (χ0n) is 81.9. The first-order valence-electron chi connectivity index (χ1n) is 44.9. The molecule has 3 saturated heterocycles. The maximum atomic E-state index is 13.5. The van der Waals surface area contributed by atoms with Crippen LogP contribution in [0.2, 0.25) is 0 Å². The Morgan fingerprint density at radius 1 is 0.478 bits per heavy atom. The molecule has 5 N–H and O–H groups in total. The Morgan fingerprint density at radius 2 is 0.804 bits per heavy atom. The van der Waals surface area contributed by atoms with Crippen molar-refractivity contribution in [3.8, 4) is 70.0 Å². The molecule has 3 unspecified atom stereocenters. The molecule has 1 aliphatic carbocycles. The van der Waals surface area contributed by atoms with Gasteiger partial charge in [-0.3, -0.25) is 53.4 Å². The van der Waals surface area contributed by atoms with E-state index in [9.17, 15) is 50.0 Å². The van der Waals surface area contributed by atoms with Gasteiger partial charge in [0.15, 0.2) is 43.4 Å². The number of fused-ring (bicyclic) bond motifs is 24. The molecule has 17 rings (SSSR count). The molecule has 0 radical (unpaired) electrons. The van der Waals surface area contributed by atoms with Crippen LogP contribution in [0.3, 0.4) is 0 Å². The number of benzene rings is 5. The number of methoxy groups -OCH3 is 3. The molecular weight excluding hydrogens is 2120 g/mol. The number of hydrogen-bond donors (Lipinski definition) is 5. The predicted molar refractivity (Wildman–Crippen MR) is 506 cm³/mol. The minimum absolute atomic E-state index is 0. The maximum Gasteiger partial charge on any atom is 1.00 e. The van der Waals surface area contributed by atoms with Crippen molar-refractivity contribution >= 4 is 35.8 Å². The SMILES string of the molecule is C.C.C.C.C=CCOc1c(C)c2c(c3c1CC1[C@H]4c5c(cc(C)c(C)c5OCOC)C[C@@H]([C@H](C#N)N1[C@H]3CNC(=O)C(C)C)N4C)OCO2.COCOc1c(C)c(C)cc2c1[C@@H]1C3CC4=C(C(=O)C(=O)C(C)=C4O)[C@H](CNC(=O)C(C)C)N3[C@@H](C#N)[C@H](C2)N1C.COCOc1c(C)c(C)cc2c1[C@@H]1C3Cc4c(O)c(C)c5c(c4[C@H](CNC(=O)C(C)C)N3[C@@H](C#N)[C@H](C2)N1C)OCO5.O=C[O-].[Cs+].[Cs+].[Cs+]. The van der Waals surface area contributed by atoms with Crippen molar-refractivity contribution in [2.24, 2.45) is 17.8 Å². The number of hydrogen-bond acceptors (Lipinski definition) is 29. The standard InChI is InChI=1S/C35H44N4O6.C32H40N4O6.C31H38N4O6.CH2O2.4CH4.3Cs/c1-9-10-42-31-21(6)33-34(45-17-44-33)29-23(31)13-25-30-28-22(11-19(4)20(5)32(28)43-16-41-8)12-24(38(30)7)26(14-36)39(25)27(29)15-37-35(40)18(2)3;1-15(2)32(38)34-12-24-26-20(28(37)18(5)30-31(26)42-14-41-30)10-22-27-25-19(8-16(3)17(4)29(25)40-13-39-7)9-21(35(27)6)23(11-33)36(22)24;1-14(2)31(39)33-12-23-25-19(27(36)17(5)28(37)29(25)38)10-21-26-24-18(8-15(3)16(4)30(24)41-13-40-7)9-20(34(26)6)22(11-32)35(21)23;2-1-3;;;;;;;/h9,11,18,24-27,30H,1,10,12-13,15-17H2,2-8H3,(H,37,40);8,15,21-24,27,37H,9-10,12-14H2,1-7H3,(H,34,38);8,14,20-23,26,36H,9-10,12-13H2,1-7H3,(H,33,39);1H,(H,2,3);4*1H4;;;/q;;;;;;;;3*+1/p-1/t24-,25?,26-,27-,30-;21-,22?,23-,24-,27-;20-,21?,22-,23-,26-;;;;;;;;/m000......../s1. The Labute approximate surface area is 991 Å². The molecule has 11 heterocycles. The largest absolute Gasteiger partial charge is 1.00 e. The number of carbonyl (C=O) groups is 6. The van der Waals surface area contributed by atoms with Crippen LogP contribution in [-0.4, -0.2) is 238 Å². The van der Waals surface area contributed by atoms with Crippen molar-refractivity contribution in [1.82, 2.24) is 45.3 Å². The molecule has 5 aromatic carbocycles. The number of aliphatic hydroxyl groups excluding tert-OH is 1. The fourth-order valence-electron chi connectivity index (χ4n) is 22.6. The van der Waals surface area contributed by atoms with E-state index in [2.05, 4.69) is 125 Å². The van der Waals surface area contributed by atoms with Crippen LogP contribution in [-0.2, 0) is 75.1 Å². The number of nitriles is 3. The predicted octanol–water partition coefficient (Wildman–Crippen LogP) is 2.51. The second-order valence-electron chi connectivity index (χ2n) is 37.1. The van der Waals surface area contributed by atoms with Crippen molar-refractivity contribution in [2.45, 2.75) is 263 Å². The molecule has 5 aromatic rings. The fraction of sp³-hybridized carbons (Fsp3) is 0.563. The van der Waals surface area contributed by atoms with E-state index in [-0.39, 0.29) is 408 Å². The molecule has 732 valence electrons. The molecule has 3 amide bonds. The van der Waals surface area contributed by atoms with Crippen LogP contribution in [0.5, 0.6) is 51.7 Å². The van der Waals surface area contributed by atoms with Gasteiger partial charge in [-0.1, -0.05) is 102 Å². The number of nitrogens with one attached hydrogen (secondary N) is 3. The third-order valence-corrected chi connectivity index (χ3v) is 29.2. The Morgan fingerprint density at radius 3 is 1.15 bits per heavy atom. The van der Waals surface area contributed by atoms with Gasteiger partial charge in [0, 0.05) is 168 Å². The Hall–Kier alpha value is -5.19. The normalized spacial score (nSPS) is 24.3. The van der Waals surface area contributed by atoms with Gasteiger partial charge in [-0.25, -0.2) is 0 Å². The Kier molecular flexibility index (Phi) is 43.6. The van der Waals surface area contributed by atoms with Crippen molar-refractivity contribution < 1.29 is 303 Å². The molecule has 35 heteroatoms. The molecular formula is C103H139Cs3N12O20+2. The summed E-state index contributed by atoms with van der Waals surface area (Å²) in [5.41, 5.74) is 18.9. The quantitative estimate of drug-likeness (QED) is 0.0232. The second-order valence-corrected chi connectivity index (χ2v) is 37.1. The van der Waals surface area contributed by atoms with E-state index in [1.54, 1.807) is 41.3 Å². The number of Topliss-reactive ketones (excluding diaryl/α,β-unsaturated/α-hetero) is 2. The molecule has 12 aliphatic rings. The van der Waals surface area contributed by atoms with Gasteiger partial charge >= 0.3 is 207 Å². The topological polar surface area (TPSA) is 394 Å². The number of carboxylic acid groups (broad SMARTS) is 1. The number of ketones is 2. The van der Waals surface area contributed by atoms with E-state index in [0.29, 0.717) is 79.4 Å². The number of aliphatic hydroxyl groups is 1. The van der Waals surface area contributed by atoms with Crippen molar-refractivity contribution in [2.75, 3.05) is 103 Å². The maximum absolute atomic E-state index is 13.5. The number of rotatable bonds is 21. The molecule has 0 saturated carbocycles. The van der Waals surface area contributed by atoms with Gasteiger partial charge in [0.05, 0.1) is 54.5 Å². The summed E-state index contributed by atoms with van der Waals surface area (Å²) < 4.78 is 65.1. The van der Waals surface area contributed by atoms with Crippen LogP contribution in [0.4, 0.5) is 0 Å². The summed E-state index contributed by atoms with van der Waals surface area (Å²) in [6.45, 7) is 33.6. The summed E-state index contributed by atoms with van der Waals surface area (Å²) in [7, 11) is 11.0. The number of carbonyl (C=O) groups excluding carboxylic acids is 6. The van der Waals surface area contributed by atoms with Gasteiger partial charge < -0.3 is 88.2 Å². The summed E-state index contributed by atoms with van der Waals surface area (Å²) in [6.07, 6.45) is 5.05. The number of aromatic hydroxyl groups is 1. The first-order valence-corrected chi connectivity index (χ1v) is 44.9. The van der Waals surface area contributed by atoms with Gasteiger partial charge in [0.1, 0.15) is 59.2 Å². The number of phenols is 1. The molecule has 6 bridgehead atoms. The van der Waals surface area contributed by atoms with E-state index in [1.807, 2.05) is 67.3 Å². The average Bonchev–Trinajstić information content (AvgIpc) is 1.13. The van der Waals surface area contributed by atoms with Crippen molar-refractivity contribution in [3.05, 3.63) is 153 Å². The fourth-order valence-corrected chi connectivity index (χ4v) is 22.6. The number of nitrogens with zero attached hydrogens (tertiary/aromatic N) is 9. The van der Waals surface area contributed by atoms with Gasteiger partial charge in [0.2, 0.25) is 42.9 Å². The van der Waals surface area contributed by atoms with Crippen molar-refractivity contribution in [1.29, 1.82) is 15.8 Å². The summed E-state index contributed by atoms with van der Waals surface area (Å²) in [5, 5.41) is 72.5. The van der Waals surface area contributed by atoms with Crippen LogP contribution in [0.1, 0.15) is 215 Å². The van der Waals surface area contributed by atoms with Crippen LogP contribution < -0.4 is 266 Å². The molecule has 32 nitrogen and oxygen atoms in total. The summed E-state index contributed by atoms with van der Waals surface area (Å²) in [6, 6.07) is 9.89. The first-order chi connectivity index (χ1) is 62.6. The summed E-state index contributed by atoms with van der Waals surface area (Å²) in [4.78, 5) is 86.8. The van der Waals surface area contributed by atoms with Crippen molar-refractivity contribution in [3.63, 3.8) is 0 Å². The van der Waals surface area contributed by atoms with E-state index in [4.69, 9.17) is 62.0 Å².